The molecule has 1 aromatic heterocycles. The van der Waals surface area contributed by atoms with Gasteiger partial charge in [-0.1, -0.05) is 42.5 Å². The number of fused-ring (bicyclic) bond motifs is 1. The quantitative estimate of drug-likeness (QED) is 0.604. The molecule has 0 unspecified atom stereocenters. The van der Waals surface area contributed by atoms with Crippen molar-refractivity contribution < 1.29 is 14.6 Å². The average molecular weight is 418 g/mol. The number of likely N-dealkylation sites (N-methyl/N-ethyl adjacent to an activating group) is 1. The Morgan fingerprint density at radius 2 is 1.94 bits per heavy atom. The minimum Gasteiger partial charge on any atom is -0.492 e. The fraction of sp³-hybridized carbons (Fsp3) is 0.280. The molecule has 0 saturated carbocycles. The maximum atomic E-state index is 11.9. The van der Waals surface area contributed by atoms with Crippen LogP contribution in [0.4, 0.5) is 5.82 Å². The number of carbonyl (C=O) groups is 1. The van der Waals surface area contributed by atoms with Gasteiger partial charge in [-0.15, -0.1) is 0 Å². The van der Waals surface area contributed by atoms with E-state index in [4.69, 9.17) is 4.74 Å². The molecular formula is C25H27N3O3. The lowest BCUT2D eigenvalue weighted by Gasteiger charge is -2.34. The molecule has 160 valence electrons. The van der Waals surface area contributed by atoms with Crippen molar-refractivity contribution in [3.63, 3.8) is 0 Å². The highest BCUT2D eigenvalue weighted by Gasteiger charge is 2.31. The molecule has 6 nitrogen and oxygen atoms in total. The third-order valence-electron chi connectivity index (χ3n) is 5.65. The Kier molecular flexibility index (Phi) is 6.48. The first kappa shape index (κ1) is 20.9. The van der Waals surface area contributed by atoms with Crippen molar-refractivity contribution in [2.24, 2.45) is 0 Å². The molecule has 1 N–H and O–H groups in total. The van der Waals surface area contributed by atoms with E-state index in [1.54, 1.807) is 6.20 Å². The van der Waals surface area contributed by atoms with Crippen molar-refractivity contribution in [3.8, 4) is 5.75 Å². The summed E-state index contributed by atoms with van der Waals surface area (Å²) in [7, 11) is 1.99. The largest absolute Gasteiger partial charge is 0.492 e. The van der Waals surface area contributed by atoms with E-state index >= 15 is 0 Å². The molecule has 0 amide bonds. The standard InChI is InChI=1S/C25H27N3O3/c1-27(24-9-5-6-12-26-24)13-14-31-22-11-10-20-16-23(25(29)30)28(18-21(20)15-22)17-19-7-3-2-4-8-19/h2-12,15,23H,13-14,16-18H2,1H3,(H,29,30)/t23-/m0/s1. The maximum Gasteiger partial charge on any atom is 0.321 e. The van der Waals surface area contributed by atoms with Crippen LogP contribution in [0.5, 0.6) is 5.75 Å². The van der Waals surface area contributed by atoms with Gasteiger partial charge in [0.2, 0.25) is 0 Å². The SMILES string of the molecule is CN(CCOc1ccc2c(c1)CN(Cc1ccccc1)[C@H](C(=O)O)C2)c1ccccn1. The van der Waals surface area contributed by atoms with Crippen molar-refractivity contribution in [3.05, 3.63) is 89.6 Å². The molecule has 4 rings (SSSR count). The van der Waals surface area contributed by atoms with Crippen LogP contribution in [-0.4, -0.2) is 47.2 Å². The number of ether oxygens (including phenoxy) is 1. The summed E-state index contributed by atoms with van der Waals surface area (Å²) in [4.78, 5) is 20.3. The van der Waals surface area contributed by atoms with Gasteiger partial charge in [-0.3, -0.25) is 9.69 Å². The van der Waals surface area contributed by atoms with E-state index in [9.17, 15) is 9.90 Å². The molecule has 0 fully saturated rings. The molecule has 6 heteroatoms. The first-order valence-corrected chi connectivity index (χ1v) is 10.5. The summed E-state index contributed by atoms with van der Waals surface area (Å²) in [5.41, 5.74) is 3.32. The molecule has 31 heavy (non-hydrogen) atoms. The minimum atomic E-state index is -0.778. The number of aromatic nitrogens is 1. The topological polar surface area (TPSA) is 65.9 Å². The van der Waals surface area contributed by atoms with E-state index in [1.807, 2.05) is 78.7 Å². The molecule has 3 aromatic rings. The molecule has 1 aliphatic rings. The number of nitrogens with zero attached hydrogens (tertiary/aromatic N) is 3. The Hall–Kier alpha value is -3.38. The number of carboxylic acid groups (broad SMARTS) is 1. The number of anilines is 1. The zero-order chi connectivity index (χ0) is 21.6. The highest BCUT2D eigenvalue weighted by Crippen LogP contribution is 2.28. The highest BCUT2D eigenvalue weighted by atomic mass is 16.5. The lowest BCUT2D eigenvalue weighted by molar-refractivity contribution is -0.144. The van der Waals surface area contributed by atoms with Gasteiger partial charge in [-0.25, -0.2) is 4.98 Å². The summed E-state index contributed by atoms with van der Waals surface area (Å²) in [5.74, 6) is 0.939. The molecule has 2 aromatic carbocycles. The fourth-order valence-electron chi connectivity index (χ4n) is 3.93. The van der Waals surface area contributed by atoms with Gasteiger partial charge in [0.15, 0.2) is 0 Å². The molecule has 2 heterocycles. The van der Waals surface area contributed by atoms with E-state index in [0.717, 1.165) is 34.8 Å². The van der Waals surface area contributed by atoms with Crippen LogP contribution in [0.3, 0.4) is 0 Å². The van der Waals surface area contributed by atoms with E-state index in [1.165, 1.54) is 0 Å². The predicted molar refractivity (Wildman–Crippen MR) is 120 cm³/mol. The van der Waals surface area contributed by atoms with Crippen LogP contribution >= 0.6 is 0 Å². The van der Waals surface area contributed by atoms with Crippen molar-refractivity contribution in [1.82, 2.24) is 9.88 Å². The Morgan fingerprint density at radius 1 is 1.13 bits per heavy atom. The predicted octanol–water partition coefficient (Wildman–Crippen LogP) is 3.61. The molecule has 0 saturated heterocycles. The van der Waals surface area contributed by atoms with Crippen LogP contribution in [0, 0.1) is 0 Å². The van der Waals surface area contributed by atoms with Gasteiger partial charge in [0.25, 0.3) is 0 Å². The summed E-state index contributed by atoms with van der Waals surface area (Å²) < 4.78 is 5.99. The van der Waals surface area contributed by atoms with E-state index < -0.39 is 12.0 Å². The second-order valence-corrected chi connectivity index (χ2v) is 7.84. The van der Waals surface area contributed by atoms with Crippen molar-refractivity contribution in [2.45, 2.75) is 25.6 Å². The minimum absolute atomic E-state index is 0.500. The van der Waals surface area contributed by atoms with Gasteiger partial charge in [-0.05, 0) is 47.4 Å². The summed E-state index contributed by atoms with van der Waals surface area (Å²) in [6.45, 7) is 2.45. The van der Waals surface area contributed by atoms with Crippen LogP contribution in [-0.2, 0) is 24.3 Å². The summed E-state index contributed by atoms with van der Waals surface area (Å²) in [6.07, 6.45) is 2.28. The first-order valence-electron chi connectivity index (χ1n) is 10.5. The van der Waals surface area contributed by atoms with Gasteiger partial charge in [0, 0.05) is 26.3 Å². The molecule has 1 atom stereocenters. The third kappa shape index (κ3) is 5.22. The maximum absolute atomic E-state index is 11.9. The van der Waals surface area contributed by atoms with Gasteiger partial charge in [0.05, 0.1) is 6.54 Å². The van der Waals surface area contributed by atoms with E-state index in [-0.39, 0.29) is 0 Å². The van der Waals surface area contributed by atoms with E-state index in [2.05, 4.69) is 9.88 Å². The van der Waals surface area contributed by atoms with Crippen LogP contribution in [0.1, 0.15) is 16.7 Å². The van der Waals surface area contributed by atoms with Crippen molar-refractivity contribution in [2.75, 3.05) is 25.1 Å². The number of aliphatic carboxylic acids is 1. The lowest BCUT2D eigenvalue weighted by Crippen LogP contribution is -2.45. The monoisotopic (exact) mass is 417 g/mol. The summed E-state index contributed by atoms with van der Waals surface area (Å²) in [6, 6.07) is 21.3. The molecule has 0 radical (unpaired) electrons. The van der Waals surface area contributed by atoms with Crippen LogP contribution in [0.2, 0.25) is 0 Å². The van der Waals surface area contributed by atoms with Crippen molar-refractivity contribution in [1.29, 1.82) is 0 Å². The normalized spacial score (nSPS) is 15.8. The summed E-state index contributed by atoms with van der Waals surface area (Å²) in [5, 5.41) is 9.75. The van der Waals surface area contributed by atoms with Gasteiger partial charge >= 0.3 is 5.97 Å². The number of pyridine rings is 1. The number of hydrogen-bond acceptors (Lipinski definition) is 5. The zero-order valence-corrected chi connectivity index (χ0v) is 17.6. The second-order valence-electron chi connectivity index (χ2n) is 7.84. The number of benzene rings is 2. The Morgan fingerprint density at radius 3 is 2.68 bits per heavy atom. The lowest BCUT2D eigenvalue weighted by atomic mass is 9.93. The molecule has 0 spiro atoms. The molecule has 1 aliphatic heterocycles. The average Bonchev–Trinajstić information content (AvgIpc) is 2.79. The van der Waals surface area contributed by atoms with Gasteiger partial charge in [0.1, 0.15) is 24.2 Å². The molecular weight excluding hydrogens is 390 g/mol. The van der Waals surface area contributed by atoms with Gasteiger partial charge < -0.3 is 14.7 Å². The van der Waals surface area contributed by atoms with Crippen molar-refractivity contribution >= 4 is 11.8 Å². The van der Waals surface area contributed by atoms with E-state index in [0.29, 0.717) is 26.1 Å². The van der Waals surface area contributed by atoms with Crippen LogP contribution < -0.4 is 9.64 Å². The fourth-order valence-corrected chi connectivity index (χ4v) is 3.93. The Labute approximate surface area is 182 Å². The zero-order valence-electron chi connectivity index (χ0n) is 17.6. The number of rotatable bonds is 8. The summed E-state index contributed by atoms with van der Waals surface area (Å²) >= 11 is 0. The smallest absolute Gasteiger partial charge is 0.321 e. The molecule has 0 aliphatic carbocycles. The number of carboxylic acids is 1. The van der Waals surface area contributed by atoms with Crippen LogP contribution in [0.25, 0.3) is 0 Å². The molecule has 0 bridgehead atoms. The number of hydrogen-bond donors (Lipinski definition) is 1. The Balaban J connectivity index is 1.41. The van der Waals surface area contributed by atoms with Gasteiger partial charge in [-0.2, -0.15) is 0 Å². The first-order chi connectivity index (χ1) is 15.1. The second kappa shape index (κ2) is 9.62. The van der Waals surface area contributed by atoms with Crippen LogP contribution in [0.15, 0.2) is 72.9 Å². The third-order valence-corrected chi connectivity index (χ3v) is 5.65. The Bertz CT molecular complexity index is 1010. The highest BCUT2D eigenvalue weighted by molar-refractivity contribution is 5.74.